The largest absolute Gasteiger partial charge is 0.507 e. The highest BCUT2D eigenvalue weighted by Gasteiger charge is 2.15. The maximum atomic E-state index is 12.5. The maximum Gasteiger partial charge on any atom is 0.272 e. The number of aromatic amines is 1. The third-order valence-electron chi connectivity index (χ3n) is 4.23. The number of hydrogen-bond acceptors (Lipinski definition) is 6. The van der Waals surface area contributed by atoms with Gasteiger partial charge in [-0.05, 0) is 30.3 Å². The quantitative estimate of drug-likeness (QED) is 0.239. The number of rotatable bonds is 3. The Labute approximate surface area is 158 Å². The second kappa shape index (κ2) is 6.51. The Kier molecular flexibility index (Phi) is 4.00. The van der Waals surface area contributed by atoms with E-state index in [1.54, 1.807) is 42.5 Å². The Bertz CT molecular complexity index is 1190. The highest BCUT2D eigenvalue weighted by Crippen LogP contribution is 2.37. The Hall–Kier alpha value is -4.20. The Balaban J connectivity index is 1.64. The van der Waals surface area contributed by atoms with Crippen molar-refractivity contribution in [3.8, 4) is 34.3 Å². The molecule has 1 amide bonds. The fraction of sp³-hybridized carbons (Fsp3) is 0. The SMILES string of the molecule is O=C(Nc1cc(O)c(O)c(O)c1)c1cc2nc(-c3ccccc3O)ccc2[nH]1. The van der Waals surface area contributed by atoms with Gasteiger partial charge in [0.1, 0.15) is 11.4 Å². The summed E-state index contributed by atoms with van der Waals surface area (Å²) in [5, 5.41) is 41.0. The van der Waals surface area contributed by atoms with Gasteiger partial charge in [0, 0.05) is 23.4 Å². The second-order valence-corrected chi connectivity index (χ2v) is 6.15. The van der Waals surface area contributed by atoms with Crippen molar-refractivity contribution < 1.29 is 25.2 Å². The van der Waals surface area contributed by atoms with Crippen molar-refractivity contribution in [3.05, 3.63) is 60.3 Å². The van der Waals surface area contributed by atoms with Gasteiger partial charge in [0.15, 0.2) is 17.2 Å². The summed E-state index contributed by atoms with van der Waals surface area (Å²) >= 11 is 0. The van der Waals surface area contributed by atoms with Crippen LogP contribution < -0.4 is 5.32 Å². The molecule has 0 aliphatic carbocycles. The van der Waals surface area contributed by atoms with Gasteiger partial charge in [-0.2, -0.15) is 0 Å². The molecule has 0 unspecified atom stereocenters. The molecule has 0 bridgehead atoms. The molecule has 0 atom stereocenters. The molecule has 4 aromatic rings. The molecule has 8 nitrogen and oxygen atoms in total. The average molecular weight is 377 g/mol. The molecule has 2 heterocycles. The molecular formula is C20H15N3O5. The van der Waals surface area contributed by atoms with Crippen molar-refractivity contribution in [2.75, 3.05) is 5.32 Å². The topological polar surface area (TPSA) is 139 Å². The molecule has 6 N–H and O–H groups in total. The van der Waals surface area contributed by atoms with Crippen molar-refractivity contribution in [2.45, 2.75) is 0 Å². The van der Waals surface area contributed by atoms with Gasteiger partial charge >= 0.3 is 0 Å². The molecular weight excluding hydrogens is 362 g/mol. The van der Waals surface area contributed by atoms with Crippen molar-refractivity contribution >= 4 is 22.6 Å². The molecule has 0 fully saturated rings. The normalized spacial score (nSPS) is 10.9. The van der Waals surface area contributed by atoms with E-state index >= 15 is 0 Å². The Morgan fingerprint density at radius 3 is 2.32 bits per heavy atom. The zero-order valence-corrected chi connectivity index (χ0v) is 14.3. The number of nitrogens with zero attached hydrogens (tertiary/aromatic N) is 1. The van der Waals surface area contributed by atoms with Gasteiger partial charge < -0.3 is 30.7 Å². The lowest BCUT2D eigenvalue weighted by Crippen LogP contribution is -2.12. The molecule has 0 aliphatic rings. The number of phenolic OH excluding ortho intramolecular Hbond substituents is 4. The summed E-state index contributed by atoms with van der Waals surface area (Å²) in [4.78, 5) is 19.9. The smallest absolute Gasteiger partial charge is 0.272 e. The number of carbonyl (C=O) groups excluding carboxylic acids is 1. The molecule has 8 heteroatoms. The van der Waals surface area contributed by atoms with E-state index in [4.69, 9.17) is 0 Å². The van der Waals surface area contributed by atoms with Gasteiger partial charge in [-0.3, -0.25) is 4.79 Å². The van der Waals surface area contributed by atoms with Crippen LogP contribution in [0.3, 0.4) is 0 Å². The summed E-state index contributed by atoms with van der Waals surface area (Å²) in [6.07, 6.45) is 0. The first kappa shape index (κ1) is 17.2. The van der Waals surface area contributed by atoms with Gasteiger partial charge in [0.2, 0.25) is 0 Å². The number of phenols is 4. The molecule has 140 valence electrons. The molecule has 0 spiro atoms. The summed E-state index contributed by atoms with van der Waals surface area (Å²) in [5.41, 5.74) is 2.61. The number of H-pyrrole nitrogens is 1. The lowest BCUT2D eigenvalue weighted by molar-refractivity contribution is 0.102. The fourth-order valence-electron chi connectivity index (χ4n) is 2.85. The predicted octanol–water partition coefficient (Wildman–Crippen LogP) is 3.30. The van der Waals surface area contributed by atoms with E-state index < -0.39 is 23.2 Å². The van der Waals surface area contributed by atoms with Crippen molar-refractivity contribution in [1.82, 2.24) is 9.97 Å². The molecule has 28 heavy (non-hydrogen) atoms. The van der Waals surface area contributed by atoms with Crippen molar-refractivity contribution in [2.24, 2.45) is 0 Å². The van der Waals surface area contributed by atoms with Gasteiger partial charge in [-0.15, -0.1) is 0 Å². The zero-order valence-electron chi connectivity index (χ0n) is 14.3. The molecule has 4 rings (SSSR count). The number of aromatic hydroxyl groups is 4. The molecule has 0 saturated carbocycles. The molecule has 0 saturated heterocycles. The van der Waals surface area contributed by atoms with Crippen LogP contribution in [0.4, 0.5) is 5.69 Å². The minimum atomic E-state index is -0.662. The molecule has 0 aliphatic heterocycles. The first-order chi connectivity index (χ1) is 13.4. The first-order valence-corrected chi connectivity index (χ1v) is 8.27. The molecule has 2 aromatic carbocycles. The highest BCUT2D eigenvalue weighted by molar-refractivity contribution is 6.05. The van der Waals surface area contributed by atoms with Crippen LogP contribution in [-0.4, -0.2) is 36.3 Å². The van der Waals surface area contributed by atoms with E-state index in [0.717, 1.165) is 12.1 Å². The van der Waals surface area contributed by atoms with Gasteiger partial charge in [-0.1, -0.05) is 12.1 Å². The minimum absolute atomic E-state index is 0.106. The number of benzene rings is 2. The number of nitrogens with one attached hydrogen (secondary N) is 2. The van der Waals surface area contributed by atoms with Gasteiger partial charge in [-0.25, -0.2) is 4.98 Å². The number of hydrogen-bond donors (Lipinski definition) is 6. The number of amides is 1. The number of carbonyl (C=O) groups is 1. The summed E-state index contributed by atoms with van der Waals surface area (Å²) in [5.74, 6) is -2.19. The van der Waals surface area contributed by atoms with E-state index in [-0.39, 0.29) is 17.1 Å². The van der Waals surface area contributed by atoms with E-state index in [0.29, 0.717) is 22.3 Å². The summed E-state index contributed by atoms with van der Waals surface area (Å²) in [7, 11) is 0. The lowest BCUT2D eigenvalue weighted by atomic mass is 10.1. The van der Waals surface area contributed by atoms with E-state index in [1.807, 2.05) is 0 Å². The summed E-state index contributed by atoms with van der Waals surface area (Å²) in [6, 6.07) is 14.1. The fourth-order valence-corrected chi connectivity index (χ4v) is 2.85. The van der Waals surface area contributed by atoms with Crippen LogP contribution >= 0.6 is 0 Å². The number of anilines is 1. The van der Waals surface area contributed by atoms with Crippen LogP contribution in [0.2, 0.25) is 0 Å². The standard InChI is InChI=1S/C20H15N3O5/c24-16-4-2-1-3-11(16)12-5-6-13-14(22-12)9-15(23-13)20(28)21-10-7-17(25)19(27)18(26)8-10/h1-9,23-27H,(H,21,28). The third kappa shape index (κ3) is 3.03. The van der Waals surface area contributed by atoms with Crippen molar-refractivity contribution in [3.63, 3.8) is 0 Å². The van der Waals surface area contributed by atoms with Crippen LogP contribution in [0.5, 0.6) is 23.0 Å². The summed E-state index contributed by atoms with van der Waals surface area (Å²) < 4.78 is 0. The number of fused-ring (bicyclic) bond motifs is 1. The van der Waals surface area contributed by atoms with Crippen LogP contribution in [0, 0.1) is 0 Å². The Morgan fingerprint density at radius 2 is 1.61 bits per heavy atom. The zero-order chi connectivity index (χ0) is 19.8. The van der Waals surface area contributed by atoms with Crippen LogP contribution in [-0.2, 0) is 0 Å². The Morgan fingerprint density at radius 1 is 0.893 bits per heavy atom. The highest BCUT2D eigenvalue weighted by atomic mass is 16.3. The minimum Gasteiger partial charge on any atom is -0.507 e. The van der Waals surface area contributed by atoms with E-state index in [2.05, 4.69) is 15.3 Å². The van der Waals surface area contributed by atoms with E-state index in [1.165, 1.54) is 0 Å². The molecule has 0 radical (unpaired) electrons. The lowest BCUT2D eigenvalue weighted by Gasteiger charge is -2.07. The van der Waals surface area contributed by atoms with Crippen molar-refractivity contribution in [1.29, 1.82) is 0 Å². The predicted molar refractivity (Wildman–Crippen MR) is 103 cm³/mol. The van der Waals surface area contributed by atoms with Gasteiger partial charge in [0.05, 0.1) is 16.7 Å². The second-order valence-electron chi connectivity index (χ2n) is 6.15. The number of pyridine rings is 1. The van der Waals surface area contributed by atoms with Crippen LogP contribution in [0.25, 0.3) is 22.3 Å². The number of para-hydroxylation sites is 1. The average Bonchev–Trinajstić information content (AvgIpc) is 3.10. The first-order valence-electron chi connectivity index (χ1n) is 8.27. The monoisotopic (exact) mass is 377 g/mol. The number of aromatic nitrogens is 2. The van der Waals surface area contributed by atoms with Crippen LogP contribution in [0.1, 0.15) is 10.5 Å². The maximum absolute atomic E-state index is 12.5. The van der Waals surface area contributed by atoms with Gasteiger partial charge in [0.25, 0.3) is 5.91 Å². The molecule has 2 aromatic heterocycles. The third-order valence-corrected chi connectivity index (χ3v) is 4.23. The van der Waals surface area contributed by atoms with E-state index in [9.17, 15) is 25.2 Å². The van der Waals surface area contributed by atoms with Crippen LogP contribution in [0.15, 0.2) is 54.6 Å². The summed E-state index contributed by atoms with van der Waals surface area (Å²) in [6.45, 7) is 0.